The third-order valence-electron chi connectivity index (χ3n) is 2.51. The van der Waals surface area contributed by atoms with Gasteiger partial charge in [-0.25, -0.2) is 0 Å². The summed E-state index contributed by atoms with van der Waals surface area (Å²) in [5.74, 6) is 0.277. The first-order chi connectivity index (χ1) is 7.63. The first-order valence-electron chi connectivity index (χ1n) is 5.14. The van der Waals surface area contributed by atoms with Crippen LogP contribution in [0.4, 0.5) is 5.69 Å². The zero-order valence-electron chi connectivity index (χ0n) is 9.15. The summed E-state index contributed by atoms with van der Waals surface area (Å²) in [4.78, 5) is 12.8. The summed E-state index contributed by atoms with van der Waals surface area (Å²) in [5, 5.41) is 11.7. The SMILES string of the molecule is CC(C)C1Sc2cccc(C#N)c2NC1=O. The Kier molecular flexibility index (Phi) is 2.88. The van der Waals surface area contributed by atoms with Crippen LogP contribution in [0.25, 0.3) is 0 Å². The number of hydrogen-bond acceptors (Lipinski definition) is 3. The zero-order chi connectivity index (χ0) is 11.7. The number of hydrogen-bond donors (Lipinski definition) is 1. The molecule has 82 valence electrons. The van der Waals surface area contributed by atoms with Crippen LogP contribution in [0.2, 0.25) is 0 Å². The van der Waals surface area contributed by atoms with Gasteiger partial charge < -0.3 is 5.32 Å². The topological polar surface area (TPSA) is 52.9 Å². The highest BCUT2D eigenvalue weighted by atomic mass is 32.2. The normalized spacial score (nSPS) is 18.9. The second kappa shape index (κ2) is 4.18. The highest BCUT2D eigenvalue weighted by Crippen LogP contribution is 2.39. The van der Waals surface area contributed by atoms with E-state index in [0.29, 0.717) is 11.3 Å². The van der Waals surface area contributed by atoms with Gasteiger partial charge in [-0.1, -0.05) is 19.9 Å². The molecule has 4 heteroatoms. The molecule has 16 heavy (non-hydrogen) atoms. The number of amides is 1. The lowest BCUT2D eigenvalue weighted by molar-refractivity contribution is -0.116. The van der Waals surface area contributed by atoms with Crippen LogP contribution in [0.15, 0.2) is 23.1 Å². The van der Waals surface area contributed by atoms with Gasteiger partial charge in [0.15, 0.2) is 0 Å². The van der Waals surface area contributed by atoms with Crippen molar-refractivity contribution >= 4 is 23.4 Å². The highest BCUT2D eigenvalue weighted by molar-refractivity contribution is 8.01. The number of rotatable bonds is 1. The second-order valence-electron chi connectivity index (χ2n) is 4.06. The van der Waals surface area contributed by atoms with Gasteiger partial charge in [-0.2, -0.15) is 5.26 Å². The molecule has 1 atom stereocenters. The molecule has 1 aliphatic heterocycles. The highest BCUT2D eigenvalue weighted by Gasteiger charge is 2.30. The molecule has 0 aromatic heterocycles. The summed E-state index contributed by atoms with van der Waals surface area (Å²) in [5.41, 5.74) is 1.19. The standard InChI is InChI=1S/C12H12N2OS/c1-7(2)11-12(15)14-10-8(6-13)4-3-5-9(10)16-11/h3-5,7,11H,1-2H3,(H,14,15). The Balaban J connectivity index is 2.43. The van der Waals surface area contributed by atoms with Crippen molar-refractivity contribution in [2.24, 2.45) is 5.92 Å². The molecule has 1 N–H and O–H groups in total. The fraction of sp³-hybridized carbons (Fsp3) is 0.333. The molecule has 2 rings (SSSR count). The minimum Gasteiger partial charge on any atom is -0.323 e. The predicted molar refractivity (Wildman–Crippen MR) is 64.3 cm³/mol. The number of nitrogens with zero attached hydrogens (tertiary/aromatic N) is 1. The number of anilines is 1. The van der Waals surface area contributed by atoms with Crippen molar-refractivity contribution < 1.29 is 4.79 Å². The lowest BCUT2D eigenvalue weighted by Gasteiger charge is -2.26. The van der Waals surface area contributed by atoms with Gasteiger partial charge in [-0.05, 0) is 18.1 Å². The van der Waals surface area contributed by atoms with E-state index in [9.17, 15) is 4.79 Å². The molecule has 0 aliphatic carbocycles. The summed E-state index contributed by atoms with van der Waals surface area (Å²) < 4.78 is 0. The smallest absolute Gasteiger partial charge is 0.238 e. The fourth-order valence-corrected chi connectivity index (χ4v) is 2.82. The first-order valence-corrected chi connectivity index (χ1v) is 6.02. The van der Waals surface area contributed by atoms with Gasteiger partial charge in [0.25, 0.3) is 0 Å². The lowest BCUT2D eigenvalue weighted by Crippen LogP contribution is -2.33. The van der Waals surface area contributed by atoms with Crippen molar-refractivity contribution in [3.8, 4) is 6.07 Å². The van der Waals surface area contributed by atoms with Gasteiger partial charge in [0.1, 0.15) is 6.07 Å². The Morgan fingerprint density at radius 3 is 2.88 bits per heavy atom. The summed E-state index contributed by atoms with van der Waals surface area (Å²) in [6.45, 7) is 4.05. The van der Waals surface area contributed by atoms with E-state index in [1.54, 1.807) is 6.07 Å². The summed E-state index contributed by atoms with van der Waals surface area (Å²) in [6, 6.07) is 7.60. The van der Waals surface area contributed by atoms with E-state index < -0.39 is 0 Å². The molecule has 1 heterocycles. The van der Waals surface area contributed by atoms with Crippen molar-refractivity contribution in [2.45, 2.75) is 24.0 Å². The van der Waals surface area contributed by atoms with E-state index in [2.05, 4.69) is 11.4 Å². The monoisotopic (exact) mass is 232 g/mol. The maximum atomic E-state index is 11.8. The third kappa shape index (κ3) is 1.79. The zero-order valence-corrected chi connectivity index (χ0v) is 9.97. The predicted octanol–water partition coefficient (Wildman–Crippen LogP) is 2.63. The maximum absolute atomic E-state index is 11.8. The van der Waals surface area contributed by atoms with Crippen LogP contribution in [0.1, 0.15) is 19.4 Å². The molecule has 1 aliphatic rings. The quantitative estimate of drug-likeness (QED) is 0.809. The minimum atomic E-state index is -0.0681. The van der Waals surface area contributed by atoms with E-state index >= 15 is 0 Å². The van der Waals surface area contributed by atoms with Gasteiger partial charge in [-0.3, -0.25) is 4.79 Å². The molecule has 0 saturated carbocycles. The second-order valence-corrected chi connectivity index (χ2v) is 5.25. The van der Waals surface area contributed by atoms with Gasteiger partial charge >= 0.3 is 0 Å². The van der Waals surface area contributed by atoms with E-state index in [4.69, 9.17) is 5.26 Å². The Hall–Kier alpha value is -1.47. The number of thioether (sulfide) groups is 1. The van der Waals surface area contributed by atoms with Crippen LogP contribution in [0.3, 0.4) is 0 Å². The number of para-hydroxylation sites is 1. The van der Waals surface area contributed by atoms with Crippen LogP contribution in [-0.2, 0) is 4.79 Å². The van der Waals surface area contributed by atoms with Crippen LogP contribution in [0.5, 0.6) is 0 Å². The van der Waals surface area contributed by atoms with Crippen molar-refractivity contribution in [2.75, 3.05) is 5.32 Å². The van der Waals surface area contributed by atoms with Crippen molar-refractivity contribution in [3.05, 3.63) is 23.8 Å². The van der Waals surface area contributed by atoms with Crippen LogP contribution in [0, 0.1) is 17.2 Å². The average Bonchev–Trinajstić information content (AvgIpc) is 2.27. The van der Waals surface area contributed by atoms with E-state index in [1.165, 1.54) is 11.8 Å². The number of nitriles is 1. The molecular formula is C12H12N2OS. The summed E-state index contributed by atoms with van der Waals surface area (Å²) >= 11 is 1.54. The van der Waals surface area contributed by atoms with E-state index in [-0.39, 0.29) is 17.1 Å². The molecule has 0 fully saturated rings. The minimum absolute atomic E-state index is 0.00444. The third-order valence-corrected chi connectivity index (χ3v) is 4.12. The number of benzene rings is 1. The molecule has 0 bridgehead atoms. The average molecular weight is 232 g/mol. The molecule has 1 aromatic carbocycles. The summed E-state index contributed by atoms with van der Waals surface area (Å²) in [7, 11) is 0. The maximum Gasteiger partial charge on any atom is 0.238 e. The lowest BCUT2D eigenvalue weighted by atomic mass is 10.1. The van der Waals surface area contributed by atoms with Gasteiger partial charge in [0.2, 0.25) is 5.91 Å². The number of fused-ring (bicyclic) bond motifs is 1. The molecule has 3 nitrogen and oxygen atoms in total. The van der Waals surface area contributed by atoms with Crippen molar-refractivity contribution in [1.82, 2.24) is 0 Å². The van der Waals surface area contributed by atoms with Crippen LogP contribution < -0.4 is 5.32 Å². The Morgan fingerprint density at radius 1 is 1.50 bits per heavy atom. The number of nitrogens with one attached hydrogen (secondary N) is 1. The van der Waals surface area contributed by atoms with Crippen LogP contribution >= 0.6 is 11.8 Å². The van der Waals surface area contributed by atoms with E-state index in [1.807, 2.05) is 26.0 Å². The Morgan fingerprint density at radius 2 is 2.25 bits per heavy atom. The Labute approximate surface area is 98.8 Å². The molecule has 0 spiro atoms. The van der Waals surface area contributed by atoms with Gasteiger partial charge in [0.05, 0.1) is 16.5 Å². The molecular weight excluding hydrogens is 220 g/mol. The first kappa shape index (κ1) is 11.0. The van der Waals surface area contributed by atoms with Crippen LogP contribution in [-0.4, -0.2) is 11.2 Å². The number of carbonyl (C=O) groups excluding carboxylic acids is 1. The summed E-state index contributed by atoms with van der Waals surface area (Å²) in [6.07, 6.45) is 0. The molecule has 0 saturated heterocycles. The van der Waals surface area contributed by atoms with Crippen molar-refractivity contribution in [1.29, 1.82) is 5.26 Å². The molecule has 1 unspecified atom stereocenters. The number of carbonyl (C=O) groups is 1. The molecule has 1 aromatic rings. The van der Waals surface area contributed by atoms with E-state index in [0.717, 1.165) is 4.90 Å². The Bertz CT molecular complexity index is 476. The molecule has 1 amide bonds. The fourth-order valence-electron chi connectivity index (χ4n) is 1.67. The molecule has 0 radical (unpaired) electrons. The largest absolute Gasteiger partial charge is 0.323 e. The van der Waals surface area contributed by atoms with Gasteiger partial charge in [0, 0.05) is 4.90 Å². The van der Waals surface area contributed by atoms with Crippen molar-refractivity contribution in [3.63, 3.8) is 0 Å². The van der Waals surface area contributed by atoms with Gasteiger partial charge in [-0.15, -0.1) is 11.8 Å².